The summed E-state index contributed by atoms with van der Waals surface area (Å²) in [5.74, 6) is -0.374. The Morgan fingerprint density at radius 2 is 2.32 bits per heavy atom. The number of hydrogen-bond acceptors (Lipinski definition) is 7. The molecule has 2 aromatic heterocycles. The van der Waals surface area contributed by atoms with Crippen LogP contribution in [-0.4, -0.2) is 32.5 Å². The third-order valence-corrected chi connectivity index (χ3v) is 3.35. The lowest BCUT2D eigenvalue weighted by molar-refractivity contribution is -0.380. The zero-order valence-corrected chi connectivity index (χ0v) is 10.5. The molecule has 8 nitrogen and oxygen atoms in total. The molecule has 0 aliphatic carbocycles. The van der Waals surface area contributed by atoms with Gasteiger partial charge in [-0.25, -0.2) is 9.97 Å². The second-order valence-electron chi connectivity index (χ2n) is 3.71. The first-order chi connectivity index (χ1) is 9.08. The Morgan fingerprint density at radius 3 is 3.00 bits per heavy atom. The van der Waals surface area contributed by atoms with E-state index in [4.69, 9.17) is 5.11 Å². The molecule has 0 bridgehead atoms. The summed E-state index contributed by atoms with van der Waals surface area (Å²) < 4.78 is 0. The number of carboxylic acids is 1. The Morgan fingerprint density at radius 1 is 1.53 bits per heavy atom. The molecule has 0 fully saturated rings. The minimum Gasteiger partial charge on any atom is -0.481 e. The van der Waals surface area contributed by atoms with Gasteiger partial charge in [0.15, 0.2) is 0 Å². The number of carbonyl (C=O) groups is 1. The van der Waals surface area contributed by atoms with Crippen molar-refractivity contribution in [3.63, 3.8) is 0 Å². The number of nitrogens with zero attached hydrogens (tertiary/aromatic N) is 3. The van der Waals surface area contributed by atoms with E-state index in [-0.39, 0.29) is 11.4 Å². The molecule has 100 valence electrons. The van der Waals surface area contributed by atoms with Crippen LogP contribution in [-0.2, 0) is 4.79 Å². The van der Waals surface area contributed by atoms with E-state index in [0.717, 1.165) is 11.3 Å². The maximum absolute atomic E-state index is 10.7. The standard InChI is InChI=1S/C10H10N4O4S/c15-8(16)2-1-3-11-9-6-4-7(14(17)18)19-10(6)13-5-12-9/h4-5H,1-3H2,(H,15,16)(H,11,12,13). The van der Waals surface area contributed by atoms with E-state index in [2.05, 4.69) is 15.3 Å². The van der Waals surface area contributed by atoms with Crippen LogP contribution in [0.5, 0.6) is 0 Å². The van der Waals surface area contributed by atoms with Gasteiger partial charge in [0.25, 0.3) is 0 Å². The fourth-order valence-electron chi connectivity index (χ4n) is 1.52. The largest absolute Gasteiger partial charge is 0.481 e. The Kier molecular flexibility index (Phi) is 3.85. The van der Waals surface area contributed by atoms with E-state index >= 15 is 0 Å². The normalized spacial score (nSPS) is 10.5. The van der Waals surface area contributed by atoms with Crippen molar-refractivity contribution in [2.45, 2.75) is 12.8 Å². The minimum atomic E-state index is -0.860. The van der Waals surface area contributed by atoms with Crippen molar-refractivity contribution in [3.8, 4) is 0 Å². The number of thiophene rings is 1. The van der Waals surface area contributed by atoms with E-state index in [0.29, 0.717) is 29.0 Å². The highest BCUT2D eigenvalue weighted by atomic mass is 32.1. The quantitative estimate of drug-likeness (QED) is 0.471. The summed E-state index contributed by atoms with van der Waals surface area (Å²) in [5.41, 5.74) is 0. The Hall–Kier alpha value is -2.29. The first-order valence-corrected chi connectivity index (χ1v) is 6.24. The molecule has 0 aliphatic rings. The van der Waals surface area contributed by atoms with E-state index in [9.17, 15) is 14.9 Å². The molecule has 0 amide bonds. The highest BCUT2D eigenvalue weighted by molar-refractivity contribution is 7.21. The van der Waals surface area contributed by atoms with Crippen LogP contribution in [0.15, 0.2) is 12.4 Å². The first kappa shape index (κ1) is 13.1. The minimum absolute atomic E-state index is 0.00378. The van der Waals surface area contributed by atoms with Crippen molar-refractivity contribution in [2.24, 2.45) is 0 Å². The zero-order chi connectivity index (χ0) is 13.8. The highest BCUT2D eigenvalue weighted by Gasteiger charge is 2.15. The molecule has 0 aliphatic heterocycles. The Balaban J connectivity index is 2.14. The smallest absolute Gasteiger partial charge is 0.326 e. The Bertz CT molecular complexity index is 627. The molecule has 0 spiro atoms. The van der Waals surface area contributed by atoms with Gasteiger partial charge < -0.3 is 10.4 Å². The molecule has 2 rings (SSSR count). The number of nitrogens with one attached hydrogen (secondary N) is 1. The van der Waals surface area contributed by atoms with Gasteiger partial charge in [-0.05, 0) is 17.8 Å². The summed E-state index contributed by atoms with van der Waals surface area (Å²) >= 11 is 0.979. The van der Waals surface area contributed by atoms with Gasteiger partial charge >= 0.3 is 11.0 Å². The predicted molar refractivity (Wildman–Crippen MR) is 69.4 cm³/mol. The predicted octanol–water partition coefficient (Wildman–Crippen LogP) is 1.88. The summed E-state index contributed by atoms with van der Waals surface area (Å²) in [6.45, 7) is 0.433. The molecule has 0 saturated carbocycles. The monoisotopic (exact) mass is 282 g/mol. The van der Waals surface area contributed by atoms with Crippen molar-refractivity contribution in [1.82, 2.24) is 9.97 Å². The third-order valence-electron chi connectivity index (χ3n) is 2.36. The summed E-state index contributed by atoms with van der Waals surface area (Å²) in [6.07, 6.45) is 1.83. The number of rotatable bonds is 6. The number of hydrogen-bond donors (Lipinski definition) is 2. The molecule has 19 heavy (non-hydrogen) atoms. The van der Waals surface area contributed by atoms with E-state index in [1.165, 1.54) is 12.4 Å². The number of anilines is 1. The first-order valence-electron chi connectivity index (χ1n) is 5.42. The maximum atomic E-state index is 10.7. The van der Waals surface area contributed by atoms with Crippen LogP contribution in [0.2, 0.25) is 0 Å². The molecule has 2 N–H and O–H groups in total. The molecular weight excluding hydrogens is 272 g/mol. The lowest BCUT2D eigenvalue weighted by Crippen LogP contribution is -2.06. The molecule has 2 heterocycles. The highest BCUT2D eigenvalue weighted by Crippen LogP contribution is 2.32. The van der Waals surface area contributed by atoms with Crippen LogP contribution in [0.3, 0.4) is 0 Å². The van der Waals surface area contributed by atoms with Crippen LogP contribution >= 0.6 is 11.3 Å². The Labute approximate surface area is 111 Å². The maximum Gasteiger partial charge on any atom is 0.326 e. The lowest BCUT2D eigenvalue weighted by atomic mass is 10.3. The van der Waals surface area contributed by atoms with Crippen molar-refractivity contribution in [1.29, 1.82) is 0 Å². The number of carboxylic acid groups (broad SMARTS) is 1. The van der Waals surface area contributed by atoms with Gasteiger partial charge in [-0.3, -0.25) is 14.9 Å². The van der Waals surface area contributed by atoms with Crippen LogP contribution < -0.4 is 5.32 Å². The van der Waals surface area contributed by atoms with Crippen molar-refractivity contribution >= 4 is 38.3 Å². The van der Waals surface area contributed by atoms with Gasteiger partial charge in [-0.2, -0.15) is 0 Å². The summed E-state index contributed by atoms with van der Waals surface area (Å²) in [5, 5.41) is 22.8. The van der Waals surface area contributed by atoms with Crippen molar-refractivity contribution in [2.75, 3.05) is 11.9 Å². The fourth-order valence-corrected chi connectivity index (χ4v) is 2.33. The van der Waals surface area contributed by atoms with Gasteiger partial charge in [0, 0.05) is 19.0 Å². The lowest BCUT2D eigenvalue weighted by Gasteiger charge is -2.04. The molecule has 0 unspecified atom stereocenters. The van der Waals surface area contributed by atoms with Crippen molar-refractivity contribution in [3.05, 3.63) is 22.5 Å². The molecule has 0 aromatic carbocycles. The average Bonchev–Trinajstić information content (AvgIpc) is 2.79. The molecule has 0 atom stereocenters. The van der Waals surface area contributed by atoms with Gasteiger partial charge in [-0.1, -0.05) is 0 Å². The fraction of sp³-hybridized carbons (Fsp3) is 0.300. The number of fused-ring (bicyclic) bond motifs is 1. The topological polar surface area (TPSA) is 118 Å². The van der Waals surface area contributed by atoms with Crippen LogP contribution in [0, 0.1) is 10.1 Å². The molecule has 9 heteroatoms. The van der Waals surface area contributed by atoms with Gasteiger partial charge in [0.1, 0.15) is 17.0 Å². The van der Waals surface area contributed by atoms with E-state index in [1.807, 2.05) is 0 Å². The van der Waals surface area contributed by atoms with Gasteiger partial charge in [-0.15, -0.1) is 0 Å². The average molecular weight is 282 g/mol. The third kappa shape index (κ3) is 3.13. The van der Waals surface area contributed by atoms with Gasteiger partial charge in [0.05, 0.1) is 10.3 Å². The molecule has 0 saturated heterocycles. The second kappa shape index (κ2) is 5.57. The van der Waals surface area contributed by atoms with Crippen LogP contribution in [0.1, 0.15) is 12.8 Å². The van der Waals surface area contributed by atoms with E-state index in [1.54, 1.807) is 0 Å². The van der Waals surface area contributed by atoms with Gasteiger partial charge in [0.2, 0.25) is 0 Å². The molecule has 2 aromatic rings. The summed E-state index contributed by atoms with van der Waals surface area (Å²) in [4.78, 5) is 29.1. The SMILES string of the molecule is O=C(O)CCCNc1ncnc2sc([N+](=O)[O-])cc12. The second-order valence-corrected chi connectivity index (χ2v) is 4.72. The summed E-state index contributed by atoms with van der Waals surface area (Å²) in [7, 11) is 0. The van der Waals surface area contributed by atoms with Crippen LogP contribution in [0.25, 0.3) is 10.2 Å². The molecular formula is C10H10N4O4S. The zero-order valence-electron chi connectivity index (χ0n) is 9.70. The number of aromatic nitrogens is 2. The number of nitro groups is 1. The summed E-state index contributed by atoms with van der Waals surface area (Å²) in [6, 6.07) is 1.42. The van der Waals surface area contributed by atoms with E-state index < -0.39 is 10.9 Å². The van der Waals surface area contributed by atoms with Crippen molar-refractivity contribution < 1.29 is 14.8 Å². The molecule has 0 radical (unpaired) electrons. The number of aliphatic carboxylic acids is 1. The van der Waals surface area contributed by atoms with Crippen LogP contribution in [0.4, 0.5) is 10.8 Å².